The number of carbonyl (C=O) groups is 2. The van der Waals surface area contributed by atoms with Crippen LogP contribution in [0.25, 0.3) is 11.0 Å². The van der Waals surface area contributed by atoms with Gasteiger partial charge in [0.25, 0.3) is 0 Å². The van der Waals surface area contributed by atoms with E-state index in [1.807, 2.05) is 6.92 Å². The summed E-state index contributed by atoms with van der Waals surface area (Å²) < 4.78 is 10.5. The number of fused-ring (bicyclic) bond motifs is 1. The third kappa shape index (κ3) is 4.78. The maximum atomic E-state index is 12.2. The van der Waals surface area contributed by atoms with Gasteiger partial charge in [-0.05, 0) is 42.3 Å². The van der Waals surface area contributed by atoms with Crippen LogP contribution in [0.1, 0.15) is 23.6 Å². The highest BCUT2D eigenvalue weighted by Crippen LogP contribution is 2.25. The third-order valence-electron chi connectivity index (χ3n) is 4.12. The molecule has 0 aliphatic heterocycles. The van der Waals surface area contributed by atoms with E-state index >= 15 is 0 Å². The summed E-state index contributed by atoms with van der Waals surface area (Å²) in [5, 5.41) is 3.82. The van der Waals surface area contributed by atoms with Crippen LogP contribution in [0.5, 0.6) is 0 Å². The van der Waals surface area contributed by atoms with Gasteiger partial charge in [-0.15, -0.1) is 0 Å². The molecular weight excluding hydrogens is 382 g/mol. The Hall–Kier alpha value is -3.12. The van der Waals surface area contributed by atoms with Gasteiger partial charge in [0.2, 0.25) is 5.91 Å². The number of carbonyl (C=O) groups excluding carboxylic acids is 2. The predicted octanol–water partition coefficient (Wildman–Crippen LogP) is 4.00. The van der Waals surface area contributed by atoms with Crippen molar-refractivity contribution >= 4 is 40.1 Å². The summed E-state index contributed by atoms with van der Waals surface area (Å²) in [5.41, 5.74) is 2.59. The molecule has 28 heavy (non-hydrogen) atoms. The average molecular weight is 400 g/mol. The molecule has 6 nitrogen and oxygen atoms in total. The quantitative estimate of drug-likeness (QED) is 0.517. The summed E-state index contributed by atoms with van der Waals surface area (Å²) in [4.78, 5) is 35.0. The Balaban J connectivity index is 1.70. The van der Waals surface area contributed by atoms with Crippen molar-refractivity contribution in [1.29, 1.82) is 0 Å². The minimum atomic E-state index is -0.520. The zero-order chi connectivity index (χ0) is 20.3. The topological polar surface area (TPSA) is 85.6 Å². The molecule has 0 saturated heterocycles. The van der Waals surface area contributed by atoms with Crippen LogP contribution < -0.4 is 10.9 Å². The van der Waals surface area contributed by atoms with Crippen LogP contribution in [-0.2, 0) is 27.4 Å². The number of halogens is 1. The highest BCUT2D eigenvalue weighted by molar-refractivity contribution is 6.32. The lowest BCUT2D eigenvalue weighted by Gasteiger charge is -2.09. The Labute approximate surface area is 166 Å². The number of nitrogens with one attached hydrogen (secondary N) is 1. The fourth-order valence-corrected chi connectivity index (χ4v) is 2.92. The van der Waals surface area contributed by atoms with Gasteiger partial charge in [0.1, 0.15) is 12.2 Å². The van der Waals surface area contributed by atoms with E-state index in [1.54, 1.807) is 36.4 Å². The largest absolute Gasteiger partial charge is 0.461 e. The SMILES string of the molecule is CC(=O)Nc1ccc(CC(=O)OCc2cc(=O)oc3cc(C)c(Cl)cc23)cc1. The molecule has 3 rings (SSSR count). The Kier molecular flexibility index (Phi) is 5.80. The normalized spacial score (nSPS) is 10.7. The summed E-state index contributed by atoms with van der Waals surface area (Å²) in [6.45, 7) is 3.17. The van der Waals surface area contributed by atoms with Crippen LogP contribution in [-0.4, -0.2) is 11.9 Å². The smallest absolute Gasteiger partial charge is 0.336 e. The van der Waals surface area contributed by atoms with Crippen molar-refractivity contribution in [1.82, 2.24) is 0 Å². The average Bonchev–Trinajstić information content (AvgIpc) is 2.62. The minimum Gasteiger partial charge on any atom is -0.461 e. The Morgan fingerprint density at radius 3 is 2.54 bits per heavy atom. The second-order valence-corrected chi connectivity index (χ2v) is 6.81. The molecule has 0 aliphatic carbocycles. The van der Waals surface area contributed by atoms with Crippen molar-refractivity contribution in [3.05, 3.63) is 74.6 Å². The molecule has 3 aromatic rings. The third-order valence-corrected chi connectivity index (χ3v) is 4.53. The maximum Gasteiger partial charge on any atom is 0.336 e. The predicted molar refractivity (Wildman–Crippen MR) is 106 cm³/mol. The first kappa shape index (κ1) is 19.6. The van der Waals surface area contributed by atoms with E-state index in [0.717, 1.165) is 11.1 Å². The van der Waals surface area contributed by atoms with Crippen molar-refractivity contribution in [2.45, 2.75) is 26.9 Å². The van der Waals surface area contributed by atoms with Gasteiger partial charge >= 0.3 is 11.6 Å². The van der Waals surface area contributed by atoms with Crippen LogP contribution in [0.4, 0.5) is 5.69 Å². The van der Waals surface area contributed by atoms with E-state index < -0.39 is 11.6 Å². The number of hydrogen-bond donors (Lipinski definition) is 1. The fourth-order valence-electron chi connectivity index (χ4n) is 2.75. The molecule has 1 N–H and O–H groups in total. The molecule has 0 atom stereocenters. The number of hydrogen-bond acceptors (Lipinski definition) is 5. The molecule has 1 aromatic heterocycles. The van der Waals surface area contributed by atoms with Gasteiger partial charge in [0.15, 0.2) is 0 Å². The van der Waals surface area contributed by atoms with Gasteiger partial charge in [-0.3, -0.25) is 9.59 Å². The molecule has 7 heteroatoms. The number of aryl methyl sites for hydroxylation is 1. The molecule has 1 heterocycles. The van der Waals surface area contributed by atoms with Crippen molar-refractivity contribution in [2.24, 2.45) is 0 Å². The first-order chi connectivity index (χ1) is 13.3. The van der Waals surface area contributed by atoms with Gasteiger partial charge in [0, 0.05) is 34.6 Å². The first-order valence-corrected chi connectivity index (χ1v) is 8.94. The highest BCUT2D eigenvalue weighted by Gasteiger charge is 2.11. The summed E-state index contributed by atoms with van der Waals surface area (Å²) in [6, 6.07) is 11.6. The van der Waals surface area contributed by atoms with Crippen LogP contribution in [0.15, 0.2) is 51.7 Å². The number of ether oxygens (including phenoxy) is 1. The van der Waals surface area contributed by atoms with E-state index in [4.69, 9.17) is 20.8 Å². The summed E-state index contributed by atoms with van der Waals surface area (Å²) in [7, 11) is 0. The lowest BCUT2D eigenvalue weighted by atomic mass is 10.1. The van der Waals surface area contributed by atoms with Crippen LogP contribution in [0, 0.1) is 6.92 Å². The van der Waals surface area contributed by atoms with E-state index in [0.29, 0.717) is 27.2 Å². The van der Waals surface area contributed by atoms with Crippen LogP contribution in [0.2, 0.25) is 5.02 Å². The zero-order valence-corrected chi connectivity index (χ0v) is 16.1. The van der Waals surface area contributed by atoms with Crippen LogP contribution >= 0.6 is 11.6 Å². The Morgan fingerprint density at radius 1 is 1.14 bits per heavy atom. The Bertz CT molecular complexity index is 1100. The molecule has 0 spiro atoms. The van der Waals surface area contributed by atoms with Crippen molar-refractivity contribution in [3.63, 3.8) is 0 Å². The van der Waals surface area contributed by atoms with Gasteiger partial charge < -0.3 is 14.5 Å². The molecule has 1 amide bonds. The molecule has 0 radical (unpaired) electrons. The van der Waals surface area contributed by atoms with Crippen molar-refractivity contribution in [3.8, 4) is 0 Å². The molecule has 2 aromatic carbocycles. The van der Waals surface area contributed by atoms with Gasteiger partial charge in [-0.1, -0.05) is 23.7 Å². The molecule has 0 unspecified atom stereocenters. The Morgan fingerprint density at radius 2 is 1.86 bits per heavy atom. The lowest BCUT2D eigenvalue weighted by Crippen LogP contribution is -2.10. The van der Waals surface area contributed by atoms with Gasteiger partial charge in [0.05, 0.1) is 6.42 Å². The highest BCUT2D eigenvalue weighted by atomic mass is 35.5. The molecule has 0 bridgehead atoms. The second-order valence-electron chi connectivity index (χ2n) is 6.40. The van der Waals surface area contributed by atoms with Crippen molar-refractivity contribution < 1.29 is 18.7 Å². The lowest BCUT2D eigenvalue weighted by molar-refractivity contribution is -0.144. The van der Waals surface area contributed by atoms with Gasteiger partial charge in [-0.25, -0.2) is 4.79 Å². The number of esters is 1. The van der Waals surface area contributed by atoms with Crippen LogP contribution in [0.3, 0.4) is 0 Å². The number of benzene rings is 2. The van der Waals surface area contributed by atoms with E-state index in [2.05, 4.69) is 5.32 Å². The second kappa shape index (κ2) is 8.27. The number of rotatable bonds is 5. The first-order valence-electron chi connectivity index (χ1n) is 8.57. The summed E-state index contributed by atoms with van der Waals surface area (Å²) in [5.74, 6) is -0.603. The number of amides is 1. The molecule has 0 aliphatic rings. The van der Waals surface area contributed by atoms with Crippen molar-refractivity contribution in [2.75, 3.05) is 5.32 Å². The fraction of sp³-hybridized carbons (Fsp3) is 0.190. The molecule has 0 saturated carbocycles. The number of anilines is 1. The zero-order valence-electron chi connectivity index (χ0n) is 15.4. The standard InChI is InChI=1S/C21H18ClNO5/c1-12-7-19-17(10-18(12)22)15(9-21(26)28-19)11-27-20(25)8-14-3-5-16(6-4-14)23-13(2)24/h3-7,9-10H,8,11H2,1-2H3,(H,23,24). The van der Waals surface area contributed by atoms with Gasteiger partial charge in [-0.2, -0.15) is 0 Å². The molecular formula is C21H18ClNO5. The van der Waals surface area contributed by atoms with E-state index in [1.165, 1.54) is 13.0 Å². The minimum absolute atomic E-state index is 0.0652. The molecule has 144 valence electrons. The summed E-state index contributed by atoms with van der Waals surface area (Å²) in [6.07, 6.45) is 0.0690. The summed E-state index contributed by atoms with van der Waals surface area (Å²) >= 11 is 6.16. The van der Waals surface area contributed by atoms with E-state index in [9.17, 15) is 14.4 Å². The van der Waals surface area contributed by atoms with E-state index in [-0.39, 0.29) is 18.9 Å². The monoisotopic (exact) mass is 399 g/mol. The molecule has 0 fully saturated rings. The maximum absolute atomic E-state index is 12.2.